The number of hydrogen-bond donors (Lipinski definition) is 1. The molecule has 28 heavy (non-hydrogen) atoms. The molecule has 0 spiro atoms. The van der Waals surface area contributed by atoms with Crippen molar-refractivity contribution < 1.29 is 14.3 Å². The summed E-state index contributed by atoms with van der Waals surface area (Å²) in [5, 5.41) is 16.5. The fourth-order valence-electron chi connectivity index (χ4n) is 6.91. The summed E-state index contributed by atoms with van der Waals surface area (Å²) in [5.74, 6) is 0.977. The van der Waals surface area contributed by atoms with Crippen LogP contribution >= 0.6 is 0 Å². The van der Waals surface area contributed by atoms with Gasteiger partial charge in [-0.2, -0.15) is 0 Å². The summed E-state index contributed by atoms with van der Waals surface area (Å²) in [6.07, 6.45) is 3.81. The molecule has 3 unspecified atom stereocenters. The number of fused-ring (bicyclic) bond motifs is 1. The van der Waals surface area contributed by atoms with Gasteiger partial charge in [0.25, 0.3) is 5.91 Å². The molecular formula is C23H25FN2O2. The Bertz CT molecular complexity index is 1020. The topological polar surface area (TPSA) is 43.8 Å². The summed E-state index contributed by atoms with van der Waals surface area (Å²) in [6, 6.07) is 10.8. The molecule has 4 aliphatic carbocycles. The van der Waals surface area contributed by atoms with E-state index in [1.54, 1.807) is 12.1 Å². The third-order valence-electron chi connectivity index (χ3n) is 7.90. The smallest absolute Gasteiger partial charge is 0.268 e. The molecule has 4 saturated carbocycles. The van der Waals surface area contributed by atoms with Crippen molar-refractivity contribution in [2.75, 3.05) is 5.01 Å². The van der Waals surface area contributed by atoms with E-state index in [4.69, 9.17) is 0 Å². The molecule has 7 rings (SSSR count). The van der Waals surface area contributed by atoms with Gasteiger partial charge in [-0.3, -0.25) is 9.80 Å². The lowest BCUT2D eigenvalue weighted by atomic mass is 9.77. The SMILES string of the molecule is CC1(C)C(=O)N([C@@H]2C3CC4CC2[C@@](O)(C4)C3)N1c1ccc(F)c2ccccc12. The quantitative estimate of drug-likeness (QED) is 0.860. The normalized spacial score (nSPS) is 37.8. The predicted octanol–water partition coefficient (Wildman–Crippen LogP) is 3.87. The Morgan fingerprint density at radius 1 is 1.07 bits per heavy atom. The van der Waals surface area contributed by atoms with Gasteiger partial charge in [-0.1, -0.05) is 24.3 Å². The van der Waals surface area contributed by atoms with Gasteiger partial charge >= 0.3 is 0 Å². The Labute approximate surface area is 163 Å². The van der Waals surface area contributed by atoms with Crippen LogP contribution in [0.25, 0.3) is 10.8 Å². The van der Waals surface area contributed by atoms with E-state index < -0.39 is 11.1 Å². The van der Waals surface area contributed by atoms with Crippen LogP contribution in [0.2, 0.25) is 0 Å². The fourth-order valence-corrected chi connectivity index (χ4v) is 6.91. The molecule has 1 amide bonds. The van der Waals surface area contributed by atoms with Crippen molar-refractivity contribution in [2.45, 2.75) is 56.7 Å². The Balaban J connectivity index is 1.48. The Morgan fingerprint density at radius 3 is 2.57 bits per heavy atom. The summed E-state index contributed by atoms with van der Waals surface area (Å²) in [7, 11) is 0. The molecule has 4 nitrogen and oxygen atoms in total. The third kappa shape index (κ3) is 1.86. The van der Waals surface area contributed by atoms with Crippen LogP contribution in [-0.4, -0.2) is 33.2 Å². The largest absolute Gasteiger partial charge is 0.389 e. The lowest BCUT2D eigenvalue weighted by molar-refractivity contribution is -0.160. The van der Waals surface area contributed by atoms with E-state index in [2.05, 4.69) is 5.01 Å². The highest BCUT2D eigenvalue weighted by Crippen LogP contribution is 2.63. The molecule has 1 saturated heterocycles. The van der Waals surface area contributed by atoms with Crippen LogP contribution in [0.3, 0.4) is 0 Å². The minimum atomic E-state index is -0.678. The van der Waals surface area contributed by atoms with E-state index in [1.807, 2.05) is 37.1 Å². The van der Waals surface area contributed by atoms with Gasteiger partial charge in [0.1, 0.15) is 11.4 Å². The zero-order valence-electron chi connectivity index (χ0n) is 16.2. The zero-order chi connectivity index (χ0) is 19.4. The van der Waals surface area contributed by atoms with Crippen molar-refractivity contribution in [1.82, 2.24) is 5.01 Å². The van der Waals surface area contributed by atoms with E-state index in [-0.39, 0.29) is 23.7 Å². The number of nitrogens with zero attached hydrogens (tertiary/aromatic N) is 2. The standard InChI is InChI=1S/C23H25FN2O2/c1-22(2)21(27)25(20-14-9-13-10-17(20)23(28,11-13)12-14)26(22)19-8-7-18(24)15-5-3-4-6-16(15)19/h3-8,13-14,17,20,28H,9-12H2,1-2H3/t13?,14?,17?,20-,23-/m1/s1. The second-order valence-corrected chi connectivity index (χ2v) is 9.84. The van der Waals surface area contributed by atoms with Gasteiger partial charge in [-0.15, -0.1) is 0 Å². The Hall–Kier alpha value is -2.14. The van der Waals surface area contributed by atoms with E-state index in [9.17, 15) is 14.3 Å². The first kappa shape index (κ1) is 16.8. The molecule has 5 heteroatoms. The van der Waals surface area contributed by atoms with Gasteiger partial charge < -0.3 is 5.11 Å². The number of amides is 1. The van der Waals surface area contributed by atoms with Gasteiger partial charge in [0, 0.05) is 16.7 Å². The number of benzene rings is 2. The predicted molar refractivity (Wildman–Crippen MR) is 105 cm³/mol. The van der Waals surface area contributed by atoms with E-state index in [1.165, 1.54) is 6.07 Å². The van der Waals surface area contributed by atoms with Crippen molar-refractivity contribution in [2.24, 2.45) is 17.8 Å². The lowest BCUT2D eigenvalue weighted by Gasteiger charge is -2.61. The maximum atomic E-state index is 14.4. The second kappa shape index (κ2) is 5.07. The van der Waals surface area contributed by atoms with Crippen LogP contribution < -0.4 is 5.01 Å². The molecule has 5 aliphatic rings. The van der Waals surface area contributed by atoms with E-state index in [0.29, 0.717) is 17.2 Å². The number of rotatable bonds is 2. The number of aliphatic hydroxyl groups is 1. The first-order chi connectivity index (χ1) is 13.3. The summed E-state index contributed by atoms with van der Waals surface area (Å²) in [5.41, 5.74) is -0.413. The molecule has 5 atom stereocenters. The zero-order valence-corrected chi connectivity index (χ0v) is 16.2. The highest BCUT2D eigenvalue weighted by molar-refractivity contribution is 6.03. The van der Waals surface area contributed by atoms with Crippen molar-refractivity contribution in [1.29, 1.82) is 0 Å². The molecule has 4 bridgehead atoms. The monoisotopic (exact) mass is 380 g/mol. The van der Waals surface area contributed by atoms with Crippen LogP contribution in [0.4, 0.5) is 10.1 Å². The maximum Gasteiger partial charge on any atom is 0.268 e. The van der Waals surface area contributed by atoms with Gasteiger partial charge in [-0.25, -0.2) is 9.40 Å². The lowest BCUT2D eigenvalue weighted by Crippen LogP contribution is -2.79. The first-order valence-electron chi connectivity index (χ1n) is 10.3. The minimum Gasteiger partial charge on any atom is -0.389 e. The summed E-state index contributed by atoms with van der Waals surface area (Å²) in [4.78, 5) is 13.2. The minimum absolute atomic E-state index is 0.0492. The average Bonchev–Trinajstić information content (AvgIpc) is 3.01. The molecular weight excluding hydrogens is 355 g/mol. The first-order valence-corrected chi connectivity index (χ1v) is 10.3. The van der Waals surface area contributed by atoms with Gasteiger partial charge in [0.15, 0.2) is 0 Å². The van der Waals surface area contributed by atoms with Crippen LogP contribution in [0.1, 0.15) is 39.5 Å². The van der Waals surface area contributed by atoms with Gasteiger partial charge in [0.2, 0.25) is 0 Å². The molecule has 5 fully saturated rings. The average molecular weight is 380 g/mol. The van der Waals surface area contributed by atoms with Gasteiger partial charge in [-0.05, 0) is 63.5 Å². The van der Waals surface area contributed by atoms with Crippen LogP contribution in [0, 0.1) is 23.6 Å². The van der Waals surface area contributed by atoms with Crippen molar-refractivity contribution >= 4 is 22.4 Å². The van der Waals surface area contributed by atoms with Crippen LogP contribution in [-0.2, 0) is 4.79 Å². The summed E-state index contributed by atoms with van der Waals surface area (Å²) >= 11 is 0. The number of hydrogen-bond acceptors (Lipinski definition) is 3. The molecule has 2 aromatic rings. The van der Waals surface area contributed by atoms with E-state index in [0.717, 1.165) is 36.8 Å². The summed E-state index contributed by atoms with van der Waals surface area (Å²) in [6.45, 7) is 3.87. The fraction of sp³-hybridized carbons (Fsp3) is 0.522. The highest BCUT2D eigenvalue weighted by atomic mass is 19.1. The summed E-state index contributed by atoms with van der Waals surface area (Å²) < 4.78 is 14.4. The number of carbonyl (C=O) groups excluding carboxylic acids is 1. The molecule has 146 valence electrons. The number of anilines is 1. The Kier molecular flexibility index (Phi) is 3.04. The van der Waals surface area contributed by atoms with Crippen molar-refractivity contribution in [3.63, 3.8) is 0 Å². The number of hydrazine groups is 1. The molecule has 0 radical (unpaired) electrons. The molecule has 1 N–H and O–H groups in total. The second-order valence-electron chi connectivity index (χ2n) is 9.84. The number of halogens is 1. The molecule has 1 aliphatic heterocycles. The molecule has 1 heterocycles. The Morgan fingerprint density at radius 2 is 1.82 bits per heavy atom. The van der Waals surface area contributed by atoms with Gasteiger partial charge in [0.05, 0.1) is 17.3 Å². The maximum absolute atomic E-state index is 14.4. The molecule has 0 aromatic heterocycles. The van der Waals surface area contributed by atoms with E-state index >= 15 is 0 Å². The van der Waals surface area contributed by atoms with Crippen LogP contribution in [0.5, 0.6) is 0 Å². The van der Waals surface area contributed by atoms with Crippen molar-refractivity contribution in [3.05, 3.63) is 42.2 Å². The third-order valence-corrected chi connectivity index (χ3v) is 7.90. The molecule has 2 aromatic carbocycles. The number of carbonyl (C=O) groups is 1. The van der Waals surface area contributed by atoms with Crippen molar-refractivity contribution in [3.8, 4) is 0 Å². The highest BCUT2D eigenvalue weighted by Gasteiger charge is 2.68. The van der Waals surface area contributed by atoms with Crippen LogP contribution in [0.15, 0.2) is 36.4 Å².